The number of hydrogen-bond acceptors (Lipinski definition) is 4. The average Bonchev–Trinajstić information content (AvgIpc) is 2.24. The summed E-state index contributed by atoms with van der Waals surface area (Å²) in [5, 5.41) is 13.7. The molecule has 86 valence electrons. The molecule has 0 aromatic carbocycles. The minimum atomic E-state index is -0.444. The van der Waals surface area contributed by atoms with Crippen LogP contribution in [-0.4, -0.2) is 16.5 Å². The molecule has 6 heteroatoms. The molecule has 1 aromatic rings. The van der Waals surface area contributed by atoms with Crippen molar-refractivity contribution in [1.29, 1.82) is 0 Å². The Morgan fingerprint density at radius 2 is 2.44 bits per heavy atom. The fraction of sp³-hybridized carbons (Fsp3) is 0.300. The van der Waals surface area contributed by atoms with Gasteiger partial charge in [0.15, 0.2) is 0 Å². The van der Waals surface area contributed by atoms with Crippen molar-refractivity contribution in [3.63, 3.8) is 0 Å². The zero-order chi connectivity index (χ0) is 12.1. The van der Waals surface area contributed by atoms with Crippen LogP contribution in [0, 0.1) is 17.0 Å². The Hall–Kier alpha value is -1.43. The minimum Gasteiger partial charge on any atom is -0.369 e. The quantitative estimate of drug-likeness (QED) is 0.391. The van der Waals surface area contributed by atoms with E-state index in [-0.39, 0.29) is 5.69 Å². The number of aromatic nitrogens is 1. The van der Waals surface area contributed by atoms with Gasteiger partial charge in [-0.05, 0) is 29.3 Å². The highest BCUT2D eigenvalue weighted by Crippen LogP contribution is 2.30. The largest absolute Gasteiger partial charge is 0.369 e. The SMILES string of the molecule is C=CCCNc1ncc([N+](=O)[O-])c(C)c1Br. The number of hydrogen-bond donors (Lipinski definition) is 1. The lowest BCUT2D eigenvalue weighted by Gasteiger charge is -2.08. The fourth-order valence-corrected chi connectivity index (χ4v) is 1.61. The maximum Gasteiger partial charge on any atom is 0.291 e. The number of rotatable bonds is 5. The van der Waals surface area contributed by atoms with Gasteiger partial charge in [0, 0.05) is 12.1 Å². The molecule has 0 spiro atoms. The Bertz CT molecular complexity index is 421. The van der Waals surface area contributed by atoms with Crippen LogP contribution in [0.5, 0.6) is 0 Å². The van der Waals surface area contributed by atoms with Crippen LogP contribution in [0.2, 0.25) is 0 Å². The van der Waals surface area contributed by atoms with Crippen molar-refractivity contribution in [2.24, 2.45) is 0 Å². The molecule has 0 amide bonds. The maximum atomic E-state index is 10.7. The summed E-state index contributed by atoms with van der Waals surface area (Å²) in [7, 11) is 0. The van der Waals surface area contributed by atoms with E-state index in [1.54, 1.807) is 13.0 Å². The maximum absolute atomic E-state index is 10.7. The molecule has 1 heterocycles. The summed E-state index contributed by atoms with van der Waals surface area (Å²) >= 11 is 3.30. The average molecular weight is 286 g/mol. The number of pyridine rings is 1. The predicted octanol–water partition coefficient (Wildman–Crippen LogP) is 3.05. The first-order chi connectivity index (χ1) is 7.57. The molecule has 5 nitrogen and oxygen atoms in total. The lowest BCUT2D eigenvalue weighted by Crippen LogP contribution is -2.05. The zero-order valence-electron chi connectivity index (χ0n) is 8.86. The van der Waals surface area contributed by atoms with Crippen LogP contribution in [0.25, 0.3) is 0 Å². The molecule has 0 saturated carbocycles. The molecule has 1 rings (SSSR count). The van der Waals surface area contributed by atoms with E-state index in [1.165, 1.54) is 6.20 Å². The highest BCUT2D eigenvalue weighted by atomic mass is 79.9. The predicted molar refractivity (Wildman–Crippen MR) is 66.6 cm³/mol. The first kappa shape index (κ1) is 12.6. The lowest BCUT2D eigenvalue weighted by atomic mass is 10.2. The highest BCUT2D eigenvalue weighted by molar-refractivity contribution is 9.10. The molecule has 0 unspecified atom stereocenters. The van der Waals surface area contributed by atoms with Crippen LogP contribution < -0.4 is 5.32 Å². The van der Waals surface area contributed by atoms with Gasteiger partial charge in [0.2, 0.25) is 0 Å². The normalized spacial score (nSPS) is 9.88. The lowest BCUT2D eigenvalue weighted by molar-refractivity contribution is -0.385. The van der Waals surface area contributed by atoms with E-state index in [0.717, 1.165) is 6.42 Å². The number of halogens is 1. The Morgan fingerprint density at radius 3 is 3.00 bits per heavy atom. The summed E-state index contributed by atoms with van der Waals surface area (Å²) < 4.78 is 0.630. The van der Waals surface area contributed by atoms with Crippen molar-refractivity contribution < 1.29 is 4.92 Å². The third-order valence-corrected chi connectivity index (χ3v) is 3.05. The van der Waals surface area contributed by atoms with Crippen LogP contribution in [0.3, 0.4) is 0 Å². The topological polar surface area (TPSA) is 68.1 Å². The highest BCUT2D eigenvalue weighted by Gasteiger charge is 2.16. The van der Waals surface area contributed by atoms with E-state index in [4.69, 9.17) is 0 Å². The van der Waals surface area contributed by atoms with Crippen molar-refractivity contribution in [2.45, 2.75) is 13.3 Å². The van der Waals surface area contributed by atoms with Crippen LogP contribution in [0.1, 0.15) is 12.0 Å². The molecule has 0 bridgehead atoms. The fourth-order valence-electron chi connectivity index (χ4n) is 1.17. The molecule has 0 atom stereocenters. The summed E-state index contributed by atoms with van der Waals surface area (Å²) in [5.41, 5.74) is 0.585. The Kier molecular flexibility index (Phi) is 4.42. The third-order valence-electron chi connectivity index (χ3n) is 2.07. The van der Waals surface area contributed by atoms with Crippen molar-refractivity contribution in [1.82, 2.24) is 4.98 Å². The summed E-state index contributed by atoms with van der Waals surface area (Å²) in [6, 6.07) is 0. The summed E-state index contributed by atoms with van der Waals surface area (Å²) in [6.07, 6.45) is 3.86. The second-order valence-electron chi connectivity index (χ2n) is 3.19. The van der Waals surface area contributed by atoms with Gasteiger partial charge in [-0.3, -0.25) is 10.1 Å². The van der Waals surface area contributed by atoms with Gasteiger partial charge in [-0.2, -0.15) is 0 Å². The van der Waals surface area contributed by atoms with E-state index in [0.29, 0.717) is 22.4 Å². The van der Waals surface area contributed by atoms with Gasteiger partial charge in [-0.1, -0.05) is 6.08 Å². The Labute approximate surface area is 102 Å². The number of nitrogens with one attached hydrogen (secondary N) is 1. The first-order valence-corrected chi connectivity index (χ1v) is 5.51. The minimum absolute atomic E-state index is 0.0149. The monoisotopic (exact) mass is 285 g/mol. The van der Waals surface area contributed by atoms with E-state index in [1.807, 2.05) is 0 Å². The van der Waals surface area contributed by atoms with Gasteiger partial charge < -0.3 is 5.32 Å². The van der Waals surface area contributed by atoms with Crippen LogP contribution >= 0.6 is 15.9 Å². The molecule has 0 aliphatic rings. The molecule has 0 aliphatic carbocycles. The Balaban J connectivity index is 2.93. The number of nitrogens with zero attached hydrogens (tertiary/aromatic N) is 2. The number of anilines is 1. The molecule has 1 aromatic heterocycles. The van der Waals surface area contributed by atoms with E-state index >= 15 is 0 Å². The third kappa shape index (κ3) is 2.79. The van der Waals surface area contributed by atoms with Gasteiger partial charge >= 0.3 is 0 Å². The van der Waals surface area contributed by atoms with Crippen molar-refractivity contribution in [3.8, 4) is 0 Å². The van der Waals surface area contributed by atoms with Crippen molar-refractivity contribution in [3.05, 3.63) is 39.0 Å². The van der Waals surface area contributed by atoms with Gasteiger partial charge in [0.05, 0.1) is 9.40 Å². The van der Waals surface area contributed by atoms with E-state index in [9.17, 15) is 10.1 Å². The van der Waals surface area contributed by atoms with Gasteiger partial charge in [0.25, 0.3) is 5.69 Å². The standard InChI is InChI=1S/C10H12BrN3O2/c1-3-4-5-12-10-9(11)7(2)8(6-13-10)14(15)16/h3,6H,1,4-5H2,2H3,(H,12,13). The molecular weight excluding hydrogens is 274 g/mol. The van der Waals surface area contributed by atoms with Crippen molar-refractivity contribution in [2.75, 3.05) is 11.9 Å². The summed E-state index contributed by atoms with van der Waals surface area (Å²) in [6.45, 7) is 5.99. The second-order valence-corrected chi connectivity index (χ2v) is 3.99. The van der Waals surface area contributed by atoms with Gasteiger partial charge in [0.1, 0.15) is 12.0 Å². The molecule has 0 aliphatic heterocycles. The Morgan fingerprint density at radius 1 is 1.75 bits per heavy atom. The summed E-state index contributed by atoms with van der Waals surface area (Å²) in [5.74, 6) is 0.616. The van der Waals surface area contributed by atoms with Crippen LogP contribution in [-0.2, 0) is 0 Å². The molecule has 0 fully saturated rings. The first-order valence-electron chi connectivity index (χ1n) is 4.72. The van der Waals surface area contributed by atoms with Gasteiger partial charge in [-0.25, -0.2) is 4.98 Å². The molecule has 0 radical (unpaired) electrons. The molecular formula is C10H12BrN3O2. The second kappa shape index (κ2) is 5.60. The molecule has 0 saturated heterocycles. The number of nitro groups is 1. The van der Waals surface area contributed by atoms with Gasteiger partial charge in [-0.15, -0.1) is 6.58 Å². The zero-order valence-corrected chi connectivity index (χ0v) is 10.5. The molecule has 1 N–H and O–H groups in total. The van der Waals surface area contributed by atoms with Crippen molar-refractivity contribution >= 4 is 27.4 Å². The van der Waals surface area contributed by atoms with Crippen LogP contribution in [0.15, 0.2) is 23.3 Å². The molecule has 16 heavy (non-hydrogen) atoms. The summed E-state index contributed by atoms with van der Waals surface area (Å²) in [4.78, 5) is 14.2. The van der Waals surface area contributed by atoms with Crippen LogP contribution in [0.4, 0.5) is 11.5 Å². The van der Waals surface area contributed by atoms with E-state index in [2.05, 4.69) is 32.8 Å². The van der Waals surface area contributed by atoms with E-state index < -0.39 is 4.92 Å². The smallest absolute Gasteiger partial charge is 0.291 e.